The number of nitrogens with zero attached hydrogens (tertiary/aromatic N) is 3. The van der Waals surface area contributed by atoms with E-state index in [9.17, 15) is 0 Å². The molecule has 0 bridgehead atoms. The molecular weight excluding hydrogens is 623 g/mol. The Bertz CT molecular complexity index is 2340. The molecule has 7 aromatic rings. The van der Waals surface area contributed by atoms with Crippen LogP contribution in [0.1, 0.15) is 101 Å². The molecule has 0 aliphatic rings. The fourth-order valence-corrected chi connectivity index (χ4v) is 8.04. The van der Waals surface area contributed by atoms with Crippen molar-refractivity contribution in [2.24, 2.45) is 0 Å². The standard InChI is InChI=1S/C47H51N3O/c1-10-26-47(8,9)34-16-13-17-35(27-34)49-43-23-12-11-20-41(43)42-25-24-38(29-44(42)49)51-37-19-14-18-36(28-37)50-33(7)45(32(6)48-50)46-39(30(2)3)21-15-22-40(46)31(4)5/h11-25,27-31H,10,26H2,1-9H3. The van der Waals surface area contributed by atoms with E-state index >= 15 is 0 Å². The van der Waals surface area contributed by atoms with Crippen LogP contribution in [-0.2, 0) is 5.41 Å². The van der Waals surface area contributed by atoms with E-state index < -0.39 is 0 Å². The van der Waals surface area contributed by atoms with Crippen LogP contribution in [0.25, 0.3) is 44.3 Å². The van der Waals surface area contributed by atoms with Crippen LogP contribution in [0.3, 0.4) is 0 Å². The van der Waals surface area contributed by atoms with Crippen LogP contribution >= 0.6 is 0 Å². The predicted octanol–water partition coefficient (Wildman–Crippen LogP) is 13.4. The minimum Gasteiger partial charge on any atom is -0.457 e. The van der Waals surface area contributed by atoms with Gasteiger partial charge >= 0.3 is 0 Å². The van der Waals surface area contributed by atoms with Crippen LogP contribution < -0.4 is 4.74 Å². The van der Waals surface area contributed by atoms with Crippen LogP contribution in [0.5, 0.6) is 11.5 Å². The Labute approximate surface area is 303 Å². The van der Waals surface area contributed by atoms with Gasteiger partial charge in [-0.3, -0.25) is 0 Å². The van der Waals surface area contributed by atoms with Gasteiger partial charge in [0.2, 0.25) is 0 Å². The first-order valence-corrected chi connectivity index (χ1v) is 18.6. The van der Waals surface area contributed by atoms with E-state index in [1.807, 2.05) is 6.07 Å². The summed E-state index contributed by atoms with van der Waals surface area (Å²) in [5.41, 5.74) is 13.4. The van der Waals surface area contributed by atoms with E-state index in [1.54, 1.807) is 0 Å². The number of hydrogen-bond acceptors (Lipinski definition) is 2. The smallest absolute Gasteiger partial charge is 0.129 e. The summed E-state index contributed by atoms with van der Waals surface area (Å²) >= 11 is 0. The third-order valence-electron chi connectivity index (χ3n) is 10.6. The SMILES string of the molecule is CCCC(C)(C)c1cccc(-n2c3ccccc3c3ccc(Oc4cccc(-n5nc(C)c(-c6c(C(C)C)cccc6C(C)C)c5C)c4)cc32)c1. The Morgan fingerprint density at radius 2 is 1.29 bits per heavy atom. The van der Waals surface area contributed by atoms with Gasteiger partial charge in [-0.25, -0.2) is 4.68 Å². The molecule has 0 radical (unpaired) electrons. The first-order valence-electron chi connectivity index (χ1n) is 18.6. The third-order valence-corrected chi connectivity index (χ3v) is 10.6. The number of aryl methyl sites for hydroxylation is 1. The second-order valence-electron chi connectivity index (χ2n) is 15.4. The van der Waals surface area contributed by atoms with Gasteiger partial charge in [-0.1, -0.05) is 109 Å². The molecule has 0 atom stereocenters. The van der Waals surface area contributed by atoms with Gasteiger partial charge in [0.15, 0.2) is 0 Å². The van der Waals surface area contributed by atoms with Crippen molar-refractivity contribution < 1.29 is 4.74 Å². The molecule has 51 heavy (non-hydrogen) atoms. The lowest BCUT2D eigenvalue weighted by Crippen LogP contribution is -2.16. The van der Waals surface area contributed by atoms with Crippen molar-refractivity contribution in [1.82, 2.24) is 14.3 Å². The van der Waals surface area contributed by atoms with Crippen LogP contribution in [0.15, 0.2) is 109 Å². The van der Waals surface area contributed by atoms with Crippen molar-refractivity contribution in [3.63, 3.8) is 0 Å². The van der Waals surface area contributed by atoms with Crippen molar-refractivity contribution >= 4 is 21.8 Å². The van der Waals surface area contributed by atoms with Gasteiger partial charge in [0.05, 0.1) is 22.4 Å². The highest BCUT2D eigenvalue weighted by Crippen LogP contribution is 2.41. The summed E-state index contributed by atoms with van der Waals surface area (Å²) in [7, 11) is 0. The molecule has 7 rings (SSSR count). The molecule has 0 saturated carbocycles. The first-order chi connectivity index (χ1) is 24.5. The maximum absolute atomic E-state index is 6.65. The number of ether oxygens (including phenoxy) is 1. The second kappa shape index (κ2) is 13.6. The number of hydrogen-bond donors (Lipinski definition) is 0. The Hall–Kier alpha value is -5.09. The number of benzene rings is 5. The third kappa shape index (κ3) is 6.26. The lowest BCUT2D eigenvalue weighted by Gasteiger charge is -2.25. The molecular formula is C47H51N3O. The molecule has 0 aliphatic carbocycles. The average molecular weight is 674 g/mol. The fourth-order valence-electron chi connectivity index (χ4n) is 8.04. The lowest BCUT2D eigenvalue weighted by molar-refractivity contribution is 0.473. The summed E-state index contributed by atoms with van der Waals surface area (Å²) in [6, 6.07) is 39.3. The van der Waals surface area contributed by atoms with Crippen molar-refractivity contribution in [2.75, 3.05) is 0 Å². The molecule has 4 nitrogen and oxygen atoms in total. The molecule has 0 saturated heterocycles. The zero-order valence-electron chi connectivity index (χ0n) is 31.7. The monoisotopic (exact) mass is 673 g/mol. The summed E-state index contributed by atoms with van der Waals surface area (Å²) in [6.07, 6.45) is 2.30. The zero-order valence-corrected chi connectivity index (χ0v) is 31.7. The summed E-state index contributed by atoms with van der Waals surface area (Å²) in [6.45, 7) is 20.4. The highest BCUT2D eigenvalue weighted by atomic mass is 16.5. The molecule has 0 unspecified atom stereocenters. The highest BCUT2D eigenvalue weighted by molar-refractivity contribution is 6.09. The van der Waals surface area contributed by atoms with Crippen molar-refractivity contribution in [3.05, 3.63) is 137 Å². The topological polar surface area (TPSA) is 32.0 Å². The van der Waals surface area contributed by atoms with Gasteiger partial charge in [-0.05, 0) is 102 Å². The van der Waals surface area contributed by atoms with E-state index in [0.717, 1.165) is 46.9 Å². The van der Waals surface area contributed by atoms with Crippen LogP contribution in [0.4, 0.5) is 0 Å². The second-order valence-corrected chi connectivity index (χ2v) is 15.4. The Balaban J connectivity index is 1.28. The van der Waals surface area contributed by atoms with Crippen molar-refractivity contribution in [1.29, 1.82) is 0 Å². The summed E-state index contributed by atoms with van der Waals surface area (Å²) in [5.74, 6) is 2.39. The molecule has 260 valence electrons. The fraction of sp³-hybridized carbons (Fsp3) is 0.298. The van der Waals surface area contributed by atoms with Gasteiger partial charge in [-0.15, -0.1) is 0 Å². The number of rotatable bonds is 10. The Morgan fingerprint density at radius 3 is 2.02 bits per heavy atom. The van der Waals surface area contributed by atoms with Gasteiger partial charge in [0.1, 0.15) is 11.5 Å². The van der Waals surface area contributed by atoms with Crippen molar-refractivity contribution in [2.45, 2.75) is 92.4 Å². The number of aromatic nitrogens is 3. The normalized spacial score (nSPS) is 12.1. The zero-order chi connectivity index (χ0) is 36.0. The molecule has 0 N–H and O–H groups in total. The van der Waals surface area contributed by atoms with Crippen LogP contribution in [-0.4, -0.2) is 14.3 Å². The lowest BCUT2D eigenvalue weighted by atomic mass is 9.80. The molecule has 2 heterocycles. The minimum atomic E-state index is 0.101. The van der Waals surface area contributed by atoms with E-state index in [4.69, 9.17) is 9.84 Å². The van der Waals surface area contributed by atoms with E-state index in [0.29, 0.717) is 11.8 Å². The quantitative estimate of drug-likeness (QED) is 0.145. The molecule has 0 fully saturated rings. The van der Waals surface area contributed by atoms with Crippen LogP contribution in [0.2, 0.25) is 0 Å². The minimum absolute atomic E-state index is 0.101. The van der Waals surface area contributed by atoms with E-state index in [2.05, 4.69) is 175 Å². The van der Waals surface area contributed by atoms with Gasteiger partial charge in [0, 0.05) is 39.8 Å². The summed E-state index contributed by atoms with van der Waals surface area (Å²) in [4.78, 5) is 0. The predicted molar refractivity (Wildman–Crippen MR) is 215 cm³/mol. The molecule has 4 heteroatoms. The van der Waals surface area contributed by atoms with Gasteiger partial charge in [0.25, 0.3) is 0 Å². The molecule has 5 aromatic carbocycles. The Morgan fingerprint density at radius 1 is 0.647 bits per heavy atom. The molecule has 0 spiro atoms. The van der Waals surface area contributed by atoms with Crippen molar-refractivity contribution in [3.8, 4) is 34.0 Å². The van der Waals surface area contributed by atoms with E-state index in [1.165, 1.54) is 49.8 Å². The number of para-hydroxylation sites is 1. The van der Waals surface area contributed by atoms with Crippen LogP contribution in [0, 0.1) is 13.8 Å². The molecule has 0 amide bonds. The average Bonchev–Trinajstić information content (AvgIpc) is 3.60. The number of fused-ring (bicyclic) bond motifs is 3. The maximum Gasteiger partial charge on any atom is 0.129 e. The largest absolute Gasteiger partial charge is 0.457 e. The molecule has 0 aliphatic heterocycles. The maximum atomic E-state index is 6.65. The first kappa shape index (κ1) is 34.4. The summed E-state index contributed by atoms with van der Waals surface area (Å²) in [5, 5.41) is 7.56. The van der Waals surface area contributed by atoms with Gasteiger partial charge in [-0.2, -0.15) is 5.10 Å². The highest BCUT2D eigenvalue weighted by Gasteiger charge is 2.24. The Kier molecular flexibility index (Phi) is 9.14. The van der Waals surface area contributed by atoms with Gasteiger partial charge < -0.3 is 9.30 Å². The summed E-state index contributed by atoms with van der Waals surface area (Å²) < 4.78 is 11.1. The molecule has 2 aromatic heterocycles. The van der Waals surface area contributed by atoms with E-state index in [-0.39, 0.29) is 5.41 Å².